The standard InChI is InChI=1S/C14H23N3O/c1-5-8-17(10-11(2)3)12-6-7-13(16-9-12)14(18)15-4/h6-7,9,11H,5,8,10H2,1-4H3,(H,15,18). The van der Waals surface area contributed by atoms with Crippen LogP contribution >= 0.6 is 0 Å². The lowest BCUT2D eigenvalue weighted by Crippen LogP contribution is -2.28. The van der Waals surface area contributed by atoms with E-state index < -0.39 is 0 Å². The molecule has 0 aliphatic rings. The minimum absolute atomic E-state index is 0.146. The first-order valence-corrected chi connectivity index (χ1v) is 6.51. The monoisotopic (exact) mass is 249 g/mol. The number of hydrogen-bond acceptors (Lipinski definition) is 3. The van der Waals surface area contributed by atoms with Crippen LogP contribution in [0.25, 0.3) is 0 Å². The summed E-state index contributed by atoms with van der Waals surface area (Å²) < 4.78 is 0. The Morgan fingerprint density at radius 2 is 2.17 bits per heavy atom. The average molecular weight is 249 g/mol. The predicted octanol–water partition coefficient (Wildman–Crippen LogP) is 2.31. The molecule has 0 aliphatic heterocycles. The molecule has 4 heteroatoms. The third-order valence-corrected chi connectivity index (χ3v) is 2.65. The summed E-state index contributed by atoms with van der Waals surface area (Å²) in [6.07, 6.45) is 2.88. The van der Waals surface area contributed by atoms with E-state index in [0.717, 1.165) is 25.2 Å². The Morgan fingerprint density at radius 3 is 2.61 bits per heavy atom. The molecule has 0 bridgehead atoms. The van der Waals surface area contributed by atoms with Crippen molar-refractivity contribution in [3.05, 3.63) is 24.0 Å². The van der Waals surface area contributed by atoms with Crippen LogP contribution in [-0.4, -0.2) is 31.0 Å². The van der Waals surface area contributed by atoms with Gasteiger partial charge in [0.15, 0.2) is 0 Å². The van der Waals surface area contributed by atoms with E-state index in [-0.39, 0.29) is 5.91 Å². The smallest absolute Gasteiger partial charge is 0.269 e. The molecular formula is C14H23N3O. The van der Waals surface area contributed by atoms with E-state index in [1.807, 2.05) is 6.07 Å². The van der Waals surface area contributed by atoms with E-state index >= 15 is 0 Å². The minimum Gasteiger partial charge on any atom is -0.370 e. The molecule has 1 aromatic heterocycles. The molecule has 100 valence electrons. The summed E-state index contributed by atoms with van der Waals surface area (Å²) in [5.41, 5.74) is 1.54. The molecule has 0 saturated carbocycles. The van der Waals surface area contributed by atoms with Crippen molar-refractivity contribution in [3.8, 4) is 0 Å². The number of nitrogens with one attached hydrogen (secondary N) is 1. The summed E-state index contributed by atoms with van der Waals surface area (Å²) >= 11 is 0. The molecule has 0 aromatic carbocycles. The number of hydrogen-bond donors (Lipinski definition) is 1. The van der Waals surface area contributed by atoms with Gasteiger partial charge in [-0.3, -0.25) is 4.79 Å². The first-order valence-electron chi connectivity index (χ1n) is 6.51. The second-order valence-electron chi connectivity index (χ2n) is 4.82. The molecular weight excluding hydrogens is 226 g/mol. The lowest BCUT2D eigenvalue weighted by Gasteiger charge is -2.26. The number of aromatic nitrogens is 1. The van der Waals surface area contributed by atoms with Gasteiger partial charge in [0.05, 0.1) is 11.9 Å². The highest BCUT2D eigenvalue weighted by Crippen LogP contribution is 2.15. The van der Waals surface area contributed by atoms with Crippen molar-refractivity contribution < 1.29 is 4.79 Å². The van der Waals surface area contributed by atoms with Gasteiger partial charge >= 0.3 is 0 Å². The Balaban J connectivity index is 2.82. The largest absolute Gasteiger partial charge is 0.370 e. The molecule has 1 heterocycles. The normalized spacial score (nSPS) is 10.5. The zero-order valence-electron chi connectivity index (χ0n) is 11.7. The summed E-state index contributed by atoms with van der Waals surface area (Å²) in [6, 6.07) is 3.74. The molecule has 1 N–H and O–H groups in total. The number of carbonyl (C=O) groups excluding carboxylic acids is 1. The second kappa shape index (κ2) is 6.99. The topological polar surface area (TPSA) is 45.2 Å². The van der Waals surface area contributed by atoms with Crippen molar-refractivity contribution in [1.29, 1.82) is 0 Å². The summed E-state index contributed by atoms with van der Waals surface area (Å²) in [5.74, 6) is 0.461. The average Bonchev–Trinajstić information content (AvgIpc) is 2.37. The van der Waals surface area contributed by atoms with E-state index in [2.05, 4.69) is 36.0 Å². The van der Waals surface area contributed by atoms with Gasteiger partial charge in [0.25, 0.3) is 5.91 Å². The van der Waals surface area contributed by atoms with Crippen LogP contribution in [0, 0.1) is 5.92 Å². The number of anilines is 1. The molecule has 0 spiro atoms. The van der Waals surface area contributed by atoms with Crippen molar-refractivity contribution in [2.75, 3.05) is 25.0 Å². The fourth-order valence-electron chi connectivity index (χ4n) is 1.87. The number of rotatable bonds is 6. The van der Waals surface area contributed by atoms with Gasteiger partial charge in [-0.05, 0) is 24.5 Å². The Kier molecular flexibility index (Phi) is 5.62. The van der Waals surface area contributed by atoms with Crippen LogP contribution in [0.1, 0.15) is 37.7 Å². The Labute approximate surface area is 109 Å². The molecule has 1 aromatic rings. The first kappa shape index (κ1) is 14.5. The molecule has 18 heavy (non-hydrogen) atoms. The highest BCUT2D eigenvalue weighted by atomic mass is 16.1. The molecule has 0 radical (unpaired) electrons. The van der Waals surface area contributed by atoms with E-state index in [4.69, 9.17) is 0 Å². The van der Waals surface area contributed by atoms with E-state index in [1.165, 1.54) is 0 Å². The summed E-state index contributed by atoms with van der Waals surface area (Å²) in [7, 11) is 1.61. The van der Waals surface area contributed by atoms with E-state index in [1.54, 1.807) is 19.3 Å². The van der Waals surface area contributed by atoms with Crippen molar-refractivity contribution in [1.82, 2.24) is 10.3 Å². The van der Waals surface area contributed by atoms with Crippen molar-refractivity contribution >= 4 is 11.6 Å². The lowest BCUT2D eigenvalue weighted by atomic mass is 10.2. The van der Waals surface area contributed by atoms with Crippen LogP contribution < -0.4 is 10.2 Å². The van der Waals surface area contributed by atoms with E-state index in [0.29, 0.717) is 11.6 Å². The van der Waals surface area contributed by atoms with Gasteiger partial charge in [-0.1, -0.05) is 20.8 Å². The van der Waals surface area contributed by atoms with Gasteiger partial charge in [0, 0.05) is 20.1 Å². The Morgan fingerprint density at radius 1 is 1.44 bits per heavy atom. The van der Waals surface area contributed by atoms with Gasteiger partial charge < -0.3 is 10.2 Å². The number of amides is 1. The summed E-state index contributed by atoms with van der Waals surface area (Å²) in [6.45, 7) is 8.59. The number of nitrogens with zero attached hydrogens (tertiary/aromatic N) is 2. The molecule has 0 fully saturated rings. The fourth-order valence-corrected chi connectivity index (χ4v) is 1.87. The summed E-state index contributed by atoms with van der Waals surface area (Å²) in [4.78, 5) is 17.9. The van der Waals surface area contributed by atoms with Gasteiger partial charge in [-0.15, -0.1) is 0 Å². The van der Waals surface area contributed by atoms with Crippen LogP contribution in [0.4, 0.5) is 5.69 Å². The van der Waals surface area contributed by atoms with Crippen molar-refractivity contribution in [3.63, 3.8) is 0 Å². The Bertz CT molecular complexity index is 373. The fraction of sp³-hybridized carbons (Fsp3) is 0.571. The molecule has 0 unspecified atom stereocenters. The minimum atomic E-state index is -0.146. The highest BCUT2D eigenvalue weighted by molar-refractivity contribution is 5.92. The molecule has 0 saturated heterocycles. The first-order chi connectivity index (χ1) is 8.58. The maximum absolute atomic E-state index is 11.4. The van der Waals surface area contributed by atoms with Crippen molar-refractivity contribution in [2.45, 2.75) is 27.2 Å². The Hall–Kier alpha value is -1.58. The van der Waals surface area contributed by atoms with Gasteiger partial charge in [-0.2, -0.15) is 0 Å². The van der Waals surface area contributed by atoms with Crippen molar-refractivity contribution in [2.24, 2.45) is 5.92 Å². The van der Waals surface area contributed by atoms with Gasteiger partial charge in [0.2, 0.25) is 0 Å². The van der Waals surface area contributed by atoms with Crippen LogP contribution in [0.2, 0.25) is 0 Å². The zero-order valence-corrected chi connectivity index (χ0v) is 11.7. The van der Waals surface area contributed by atoms with Gasteiger partial charge in [-0.25, -0.2) is 4.98 Å². The molecule has 0 aliphatic carbocycles. The quantitative estimate of drug-likeness (QED) is 0.841. The van der Waals surface area contributed by atoms with Crippen LogP contribution in [0.5, 0.6) is 0 Å². The second-order valence-corrected chi connectivity index (χ2v) is 4.82. The third kappa shape index (κ3) is 4.02. The number of pyridine rings is 1. The SMILES string of the molecule is CCCN(CC(C)C)c1ccc(C(=O)NC)nc1. The highest BCUT2D eigenvalue weighted by Gasteiger charge is 2.10. The molecule has 1 amide bonds. The van der Waals surface area contributed by atoms with Crippen LogP contribution in [0.3, 0.4) is 0 Å². The maximum Gasteiger partial charge on any atom is 0.269 e. The number of carbonyl (C=O) groups is 1. The third-order valence-electron chi connectivity index (χ3n) is 2.65. The predicted molar refractivity (Wildman–Crippen MR) is 75.0 cm³/mol. The van der Waals surface area contributed by atoms with Crippen LogP contribution in [0.15, 0.2) is 18.3 Å². The molecule has 4 nitrogen and oxygen atoms in total. The zero-order chi connectivity index (χ0) is 13.5. The molecule has 1 rings (SSSR count). The maximum atomic E-state index is 11.4. The van der Waals surface area contributed by atoms with Crippen LogP contribution in [-0.2, 0) is 0 Å². The lowest BCUT2D eigenvalue weighted by molar-refractivity contribution is 0.0958. The van der Waals surface area contributed by atoms with E-state index in [9.17, 15) is 4.79 Å². The summed E-state index contributed by atoms with van der Waals surface area (Å²) in [5, 5.41) is 2.57. The van der Waals surface area contributed by atoms with Gasteiger partial charge in [0.1, 0.15) is 5.69 Å². The molecule has 0 atom stereocenters.